The largest absolute Gasteiger partial charge is 0.349 e. The van der Waals surface area contributed by atoms with Crippen molar-refractivity contribution in [1.82, 2.24) is 9.88 Å². The topological polar surface area (TPSA) is 46.4 Å². The van der Waals surface area contributed by atoms with E-state index in [9.17, 15) is 4.79 Å². The molecule has 1 N–H and O–H groups in total. The molecule has 0 unspecified atom stereocenters. The van der Waals surface area contributed by atoms with E-state index in [1.54, 1.807) is 0 Å². The van der Waals surface area contributed by atoms with Gasteiger partial charge in [-0.1, -0.05) is 17.7 Å². The average Bonchev–Trinajstić information content (AvgIpc) is 3.02. The summed E-state index contributed by atoms with van der Waals surface area (Å²) in [5.41, 5.74) is 5.50. The van der Waals surface area contributed by atoms with Crippen molar-refractivity contribution in [3.8, 4) is 0 Å². The number of hydrogen-bond acceptors (Lipinski definition) is 3. The van der Waals surface area contributed by atoms with Crippen LogP contribution >= 0.6 is 11.8 Å². The van der Waals surface area contributed by atoms with Crippen molar-refractivity contribution in [2.75, 3.05) is 0 Å². The maximum atomic E-state index is 12.2. The lowest BCUT2D eigenvalue weighted by atomic mass is 10.2. The Labute approximate surface area is 146 Å². The molecule has 0 spiro atoms. The maximum absolute atomic E-state index is 12.2. The number of amidine groups is 1. The van der Waals surface area contributed by atoms with E-state index in [4.69, 9.17) is 0 Å². The van der Waals surface area contributed by atoms with Crippen LogP contribution in [0.25, 0.3) is 6.08 Å². The van der Waals surface area contributed by atoms with E-state index in [2.05, 4.69) is 41.7 Å². The van der Waals surface area contributed by atoms with Gasteiger partial charge in [0.1, 0.15) is 0 Å². The van der Waals surface area contributed by atoms with Crippen LogP contribution in [0, 0.1) is 20.8 Å². The third kappa shape index (κ3) is 3.31. The molecule has 5 heteroatoms. The zero-order valence-corrected chi connectivity index (χ0v) is 15.2. The number of hydrogen-bond donors (Lipinski definition) is 1. The number of amides is 1. The fraction of sp³-hybridized carbons (Fsp3) is 0.263. The van der Waals surface area contributed by atoms with E-state index in [1.165, 1.54) is 28.7 Å². The first-order chi connectivity index (χ1) is 11.5. The average molecular weight is 339 g/mol. The number of carbonyl (C=O) groups excluding carboxylic acids is 1. The molecule has 0 aliphatic carbocycles. The number of aromatic nitrogens is 1. The number of thioether (sulfide) groups is 1. The molecule has 3 rings (SSSR count). The second-order valence-electron chi connectivity index (χ2n) is 5.89. The summed E-state index contributed by atoms with van der Waals surface area (Å²) >= 11 is 1.39. The molecule has 0 saturated carbocycles. The van der Waals surface area contributed by atoms with Crippen LogP contribution < -0.4 is 5.32 Å². The van der Waals surface area contributed by atoms with Gasteiger partial charge in [0.05, 0.1) is 10.6 Å². The lowest BCUT2D eigenvalue weighted by molar-refractivity contribution is -0.115. The lowest BCUT2D eigenvalue weighted by Crippen LogP contribution is -2.19. The fourth-order valence-corrected chi connectivity index (χ4v) is 3.65. The first kappa shape index (κ1) is 16.6. The van der Waals surface area contributed by atoms with Gasteiger partial charge in [-0.25, -0.2) is 4.99 Å². The molecule has 1 fully saturated rings. The van der Waals surface area contributed by atoms with Gasteiger partial charge in [-0.15, -0.1) is 0 Å². The van der Waals surface area contributed by atoms with Gasteiger partial charge in [0.25, 0.3) is 5.91 Å². The minimum Gasteiger partial charge on any atom is -0.349 e. The summed E-state index contributed by atoms with van der Waals surface area (Å²) in [4.78, 5) is 17.4. The van der Waals surface area contributed by atoms with E-state index in [1.807, 2.05) is 37.3 Å². The fourth-order valence-electron chi connectivity index (χ4n) is 2.82. The van der Waals surface area contributed by atoms with Gasteiger partial charge in [-0.3, -0.25) is 4.79 Å². The number of nitrogens with zero attached hydrogens (tertiary/aromatic N) is 2. The van der Waals surface area contributed by atoms with Gasteiger partial charge in [-0.2, -0.15) is 0 Å². The smallest absolute Gasteiger partial charge is 0.264 e. The monoisotopic (exact) mass is 339 g/mol. The number of aliphatic imine (C=N–C) groups is 1. The Morgan fingerprint density at radius 3 is 2.54 bits per heavy atom. The molecule has 1 saturated heterocycles. The summed E-state index contributed by atoms with van der Waals surface area (Å²) in [6.45, 7) is 9.27. The number of rotatable bonds is 3. The normalized spacial score (nSPS) is 17.8. The standard InChI is InChI=1S/C19H21N3OS/c1-5-22-13(3)10-15(14(22)4)11-17-18(23)21-19(24-17)20-16-8-6-12(2)7-9-16/h6-11H,5H2,1-4H3,(H,20,21,23)/b17-11+. The molecular formula is C19H21N3OS. The van der Waals surface area contributed by atoms with Gasteiger partial charge >= 0.3 is 0 Å². The molecule has 0 radical (unpaired) electrons. The SMILES string of the molecule is CCn1c(C)cc(/C=C2/SC(=Nc3ccc(C)cc3)NC2=O)c1C. The lowest BCUT2D eigenvalue weighted by Gasteiger charge is -2.04. The first-order valence-corrected chi connectivity index (χ1v) is 8.82. The first-order valence-electron chi connectivity index (χ1n) is 8.01. The minimum atomic E-state index is -0.0906. The van der Waals surface area contributed by atoms with Crippen molar-refractivity contribution < 1.29 is 4.79 Å². The van der Waals surface area contributed by atoms with Gasteiger partial charge in [0.2, 0.25) is 0 Å². The molecule has 1 aliphatic rings. The summed E-state index contributed by atoms with van der Waals surface area (Å²) in [7, 11) is 0. The highest BCUT2D eigenvalue weighted by Crippen LogP contribution is 2.29. The molecule has 4 nitrogen and oxygen atoms in total. The van der Waals surface area contributed by atoms with E-state index in [-0.39, 0.29) is 5.91 Å². The Hall–Kier alpha value is -2.27. The molecule has 1 aromatic carbocycles. The number of benzene rings is 1. The van der Waals surface area contributed by atoms with E-state index < -0.39 is 0 Å². The van der Waals surface area contributed by atoms with Gasteiger partial charge < -0.3 is 9.88 Å². The molecule has 2 aromatic rings. The van der Waals surface area contributed by atoms with Gasteiger partial charge in [-0.05, 0) is 69.3 Å². The summed E-state index contributed by atoms with van der Waals surface area (Å²) in [6, 6.07) is 10.0. The molecule has 24 heavy (non-hydrogen) atoms. The molecule has 1 amide bonds. The van der Waals surface area contributed by atoms with Crippen molar-refractivity contribution in [2.24, 2.45) is 4.99 Å². The van der Waals surface area contributed by atoms with Crippen LogP contribution in [0.3, 0.4) is 0 Å². The van der Waals surface area contributed by atoms with E-state index in [0.717, 1.165) is 17.8 Å². The quantitative estimate of drug-likeness (QED) is 0.846. The van der Waals surface area contributed by atoms with Crippen molar-refractivity contribution in [1.29, 1.82) is 0 Å². The Morgan fingerprint density at radius 1 is 1.21 bits per heavy atom. The summed E-state index contributed by atoms with van der Waals surface area (Å²) in [5, 5.41) is 3.47. The molecule has 124 valence electrons. The Bertz CT molecular complexity index is 844. The van der Waals surface area contributed by atoms with Crippen molar-refractivity contribution in [2.45, 2.75) is 34.2 Å². The van der Waals surface area contributed by atoms with Crippen LogP contribution in [0.2, 0.25) is 0 Å². The Morgan fingerprint density at radius 2 is 1.92 bits per heavy atom. The van der Waals surface area contributed by atoms with Crippen LogP contribution in [-0.2, 0) is 11.3 Å². The zero-order valence-electron chi connectivity index (χ0n) is 14.4. The van der Waals surface area contributed by atoms with E-state index >= 15 is 0 Å². The zero-order chi connectivity index (χ0) is 17.3. The van der Waals surface area contributed by atoms with Crippen molar-refractivity contribution in [3.63, 3.8) is 0 Å². The predicted molar refractivity (Wildman–Crippen MR) is 102 cm³/mol. The van der Waals surface area contributed by atoms with E-state index in [0.29, 0.717) is 10.1 Å². The van der Waals surface area contributed by atoms with Crippen LogP contribution in [0.1, 0.15) is 29.4 Å². The van der Waals surface area contributed by atoms with Crippen LogP contribution in [-0.4, -0.2) is 15.6 Å². The maximum Gasteiger partial charge on any atom is 0.264 e. The Balaban J connectivity index is 1.86. The Kier molecular flexibility index (Phi) is 4.62. The van der Waals surface area contributed by atoms with Crippen LogP contribution in [0.5, 0.6) is 0 Å². The predicted octanol–water partition coefficient (Wildman–Crippen LogP) is 4.32. The minimum absolute atomic E-state index is 0.0906. The highest BCUT2D eigenvalue weighted by molar-refractivity contribution is 8.18. The third-order valence-electron chi connectivity index (χ3n) is 4.13. The molecule has 0 bridgehead atoms. The second kappa shape index (κ2) is 6.69. The van der Waals surface area contributed by atoms with Gasteiger partial charge in [0.15, 0.2) is 5.17 Å². The highest BCUT2D eigenvalue weighted by atomic mass is 32.2. The summed E-state index contributed by atoms with van der Waals surface area (Å²) < 4.78 is 2.24. The summed E-state index contributed by atoms with van der Waals surface area (Å²) in [5.74, 6) is -0.0906. The number of aryl methyl sites for hydroxylation is 2. The molecule has 2 heterocycles. The highest BCUT2D eigenvalue weighted by Gasteiger charge is 2.24. The summed E-state index contributed by atoms with van der Waals surface area (Å²) in [6.07, 6.45) is 1.95. The van der Waals surface area contributed by atoms with Gasteiger partial charge in [0, 0.05) is 17.9 Å². The number of nitrogens with one attached hydrogen (secondary N) is 1. The molecule has 1 aromatic heterocycles. The van der Waals surface area contributed by atoms with Crippen LogP contribution in [0.15, 0.2) is 40.2 Å². The van der Waals surface area contributed by atoms with Crippen molar-refractivity contribution in [3.05, 3.63) is 57.8 Å². The molecule has 0 atom stereocenters. The van der Waals surface area contributed by atoms with Crippen LogP contribution in [0.4, 0.5) is 5.69 Å². The molecule has 1 aliphatic heterocycles. The third-order valence-corrected chi connectivity index (χ3v) is 5.04. The second-order valence-corrected chi connectivity index (χ2v) is 6.92. The van der Waals surface area contributed by atoms with Crippen molar-refractivity contribution >= 4 is 34.6 Å². The number of carbonyl (C=O) groups is 1. The molecular weight excluding hydrogens is 318 g/mol.